The first-order valence-corrected chi connectivity index (χ1v) is 6.57. The summed E-state index contributed by atoms with van der Waals surface area (Å²) in [7, 11) is 0. The second-order valence-electron chi connectivity index (χ2n) is 5.00. The normalized spacial score (nSPS) is 20.8. The lowest BCUT2D eigenvalue weighted by Crippen LogP contribution is -2.39. The molecule has 0 saturated carbocycles. The van der Waals surface area contributed by atoms with Crippen molar-refractivity contribution in [2.24, 2.45) is 5.92 Å². The quantitative estimate of drug-likeness (QED) is 0.522. The van der Waals surface area contributed by atoms with E-state index < -0.39 is 46.9 Å². The molecule has 0 aliphatic carbocycles. The summed E-state index contributed by atoms with van der Waals surface area (Å²) >= 11 is 0. The first-order valence-electron chi connectivity index (χ1n) is 6.57. The van der Waals surface area contributed by atoms with Gasteiger partial charge in [0.25, 0.3) is 5.91 Å². The molecular formula is C14H13F3N2O3. The van der Waals surface area contributed by atoms with Crippen LogP contribution in [0.25, 0.3) is 0 Å². The molecule has 0 radical (unpaired) electrons. The molecule has 1 aliphatic heterocycles. The smallest absolute Gasteiger partial charge is 0.286 e. The van der Waals surface area contributed by atoms with Crippen LogP contribution in [0.2, 0.25) is 0 Å². The maximum absolute atomic E-state index is 13.5. The van der Waals surface area contributed by atoms with Crippen LogP contribution in [-0.4, -0.2) is 35.6 Å². The van der Waals surface area contributed by atoms with E-state index in [1.807, 2.05) is 0 Å². The van der Waals surface area contributed by atoms with Crippen molar-refractivity contribution < 1.29 is 27.6 Å². The van der Waals surface area contributed by atoms with Crippen LogP contribution in [0.15, 0.2) is 12.1 Å². The number of benzene rings is 1. The number of likely N-dealkylation sites (tertiary alicyclic amines) is 1. The lowest BCUT2D eigenvalue weighted by atomic mass is 10.0. The minimum Gasteiger partial charge on any atom is -0.333 e. The highest BCUT2D eigenvalue weighted by Crippen LogP contribution is 2.26. The molecule has 22 heavy (non-hydrogen) atoms. The first-order chi connectivity index (χ1) is 10.4. The fraction of sp³-hybridized carbons (Fsp3) is 0.357. The Labute approximate surface area is 124 Å². The highest BCUT2D eigenvalue weighted by molar-refractivity contribution is 6.23. The molecule has 1 fully saturated rings. The van der Waals surface area contributed by atoms with Gasteiger partial charge in [-0.05, 0) is 25.5 Å². The summed E-state index contributed by atoms with van der Waals surface area (Å²) in [5.74, 6) is -6.54. The predicted molar refractivity (Wildman–Crippen MR) is 70.3 cm³/mol. The van der Waals surface area contributed by atoms with Crippen LogP contribution in [0.5, 0.6) is 0 Å². The van der Waals surface area contributed by atoms with Gasteiger partial charge in [0, 0.05) is 12.6 Å². The third-order valence-electron chi connectivity index (χ3n) is 3.77. The number of nitrogens with one attached hydrogen (secondary N) is 1. The van der Waals surface area contributed by atoms with E-state index >= 15 is 0 Å². The van der Waals surface area contributed by atoms with Gasteiger partial charge in [-0.15, -0.1) is 0 Å². The monoisotopic (exact) mass is 314 g/mol. The molecule has 0 bridgehead atoms. The maximum atomic E-state index is 13.5. The molecule has 5 nitrogen and oxygen atoms in total. The van der Waals surface area contributed by atoms with E-state index in [0.29, 0.717) is 6.07 Å². The number of anilines is 1. The van der Waals surface area contributed by atoms with Gasteiger partial charge in [-0.1, -0.05) is 0 Å². The highest BCUT2D eigenvalue weighted by atomic mass is 19.2. The van der Waals surface area contributed by atoms with Crippen LogP contribution in [0.1, 0.15) is 13.3 Å². The average Bonchev–Trinajstić information content (AvgIpc) is 2.88. The third kappa shape index (κ3) is 2.81. The van der Waals surface area contributed by atoms with Crippen LogP contribution in [0, 0.1) is 23.4 Å². The molecule has 1 saturated heterocycles. The molecule has 0 aromatic heterocycles. The molecule has 1 N–H and O–H groups in total. The van der Waals surface area contributed by atoms with Gasteiger partial charge in [-0.3, -0.25) is 14.4 Å². The molecule has 0 spiro atoms. The zero-order valence-corrected chi connectivity index (χ0v) is 11.6. The van der Waals surface area contributed by atoms with Crippen LogP contribution in [0.3, 0.4) is 0 Å². The zero-order valence-electron chi connectivity index (χ0n) is 11.6. The number of aldehydes is 1. The fourth-order valence-electron chi connectivity index (χ4n) is 2.52. The van der Waals surface area contributed by atoms with E-state index in [-0.39, 0.29) is 19.3 Å². The Morgan fingerprint density at radius 2 is 1.95 bits per heavy atom. The van der Waals surface area contributed by atoms with Crippen molar-refractivity contribution in [3.63, 3.8) is 0 Å². The average molecular weight is 314 g/mol. The molecule has 1 heterocycles. The van der Waals surface area contributed by atoms with Crippen LogP contribution < -0.4 is 5.32 Å². The van der Waals surface area contributed by atoms with E-state index in [9.17, 15) is 27.6 Å². The third-order valence-corrected chi connectivity index (χ3v) is 3.77. The SMILES string of the molecule is CC1C(C(=O)Nc2ccc(F)c(F)c2F)CCN1C(=O)C=O. The van der Waals surface area contributed by atoms with Crippen molar-refractivity contribution in [3.05, 3.63) is 29.6 Å². The standard InChI is InChI=1S/C14H13F3N2O3/c1-7-8(4-5-19(7)11(21)6-20)14(22)18-10-3-2-9(15)12(16)13(10)17/h2-3,6-8H,4-5H2,1H3,(H,18,22). The number of rotatable bonds is 3. The minimum atomic E-state index is -1.67. The largest absolute Gasteiger partial charge is 0.333 e. The maximum Gasteiger partial charge on any atom is 0.286 e. The second-order valence-corrected chi connectivity index (χ2v) is 5.00. The van der Waals surface area contributed by atoms with Gasteiger partial charge in [0.1, 0.15) is 0 Å². The Morgan fingerprint density at radius 1 is 1.27 bits per heavy atom. The lowest BCUT2D eigenvalue weighted by Gasteiger charge is -2.22. The van der Waals surface area contributed by atoms with E-state index in [4.69, 9.17) is 0 Å². The Balaban J connectivity index is 2.12. The summed E-state index contributed by atoms with van der Waals surface area (Å²) < 4.78 is 39.5. The van der Waals surface area contributed by atoms with Crippen molar-refractivity contribution in [1.29, 1.82) is 0 Å². The van der Waals surface area contributed by atoms with Crippen molar-refractivity contribution in [2.45, 2.75) is 19.4 Å². The van der Waals surface area contributed by atoms with Gasteiger partial charge in [-0.25, -0.2) is 13.2 Å². The van der Waals surface area contributed by atoms with E-state index in [1.165, 1.54) is 4.90 Å². The molecular weight excluding hydrogens is 301 g/mol. The van der Waals surface area contributed by atoms with Crippen LogP contribution in [0.4, 0.5) is 18.9 Å². The number of nitrogens with zero attached hydrogens (tertiary/aromatic N) is 1. The van der Waals surface area contributed by atoms with Crippen LogP contribution in [-0.2, 0) is 14.4 Å². The highest BCUT2D eigenvalue weighted by Gasteiger charge is 2.38. The summed E-state index contributed by atoms with van der Waals surface area (Å²) in [5.41, 5.74) is -0.476. The molecule has 118 valence electrons. The molecule has 1 aromatic rings. The van der Waals surface area contributed by atoms with Crippen molar-refractivity contribution >= 4 is 23.8 Å². The van der Waals surface area contributed by atoms with Gasteiger partial charge in [0.15, 0.2) is 17.5 Å². The summed E-state index contributed by atoms with van der Waals surface area (Å²) in [6, 6.07) is 1.07. The van der Waals surface area contributed by atoms with Crippen molar-refractivity contribution in [1.82, 2.24) is 4.90 Å². The Bertz CT molecular complexity index is 636. The zero-order chi connectivity index (χ0) is 16.4. The van der Waals surface area contributed by atoms with Crippen molar-refractivity contribution in [2.75, 3.05) is 11.9 Å². The Morgan fingerprint density at radius 3 is 2.59 bits per heavy atom. The number of carbonyl (C=O) groups excluding carboxylic acids is 3. The van der Waals surface area contributed by atoms with E-state index in [1.54, 1.807) is 6.92 Å². The van der Waals surface area contributed by atoms with E-state index in [2.05, 4.69) is 5.32 Å². The number of amides is 2. The van der Waals surface area contributed by atoms with Crippen LogP contribution >= 0.6 is 0 Å². The van der Waals surface area contributed by atoms with Crippen molar-refractivity contribution in [3.8, 4) is 0 Å². The summed E-state index contributed by atoms with van der Waals surface area (Å²) in [5, 5.41) is 2.18. The predicted octanol–water partition coefficient (Wildman–Crippen LogP) is 1.48. The molecule has 2 atom stereocenters. The summed E-state index contributed by atoms with van der Waals surface area (Å²) in [4.78, 5) is 35.2. The number of carbonyl (C=O) groups is 3. The Kier molecular flexibility index (Phi) is 4.48. The topological polar surface area (TPSA) is 66.5 Å². The molecule has 8 heteroatoms. The summed E-state index contributed by atoms with van der Waals surface area (Å²) in [6.45, 7) is 1.80. The molecule has 1 aliphatic rings. The van der Waals surface area contributed by atoms with Gasteiger partial charge in [0.2, 0.25) is 12.2 Å². The van der Waals surface area contributed by atoms with Gasteiger partial charge in [-0.2, -0.15) is 0 Å². The minimum absolute atomic E-state index is 0.159. The van der Waals surface area contributed by atoms with Gasteiger partial charge in [0.05, 0.1) is 11.6 Å². The molecule has 2 rings (SSSR count). The van der Waals surface area contributed by atoms with Gasteiger partial charge < -0.3 is 10.2 Å². The number of hydrogen-bond acceptors (Lipinski definition) is 3. The second kappa shape index (κ2) is 6.17. The molecule has 2 unspecified atom stereocenters. The molecule has 2 amide bonds. The number of hydrogen-bond donors (Lipinski definition) is 1. The van der Waals surface area contributed by atoms with E-state index in [0.717, 1.165) is 6.07 Å². The lowest BCUT2D eigenvalue weighted by molar-refractivity contribution is -0.139. The first kappa shape index (κ1) is 16.0. The fourth-order valence-corrected chi connectivity index (χ4v) is 2.52. The number of halogens is 3. The van der Waals surface area contributed by atoms with Gasteiger partial charge >= 0.3 is 0 Å². The molecule has 1 aromatic carbocycles. The summed E-state index contributed by atoms with van der Waals surface area (Å²) in [6.07, 6.45) is 0.448. The Hall–Kier alpha value is -2.38.